The summed E-state index contributed by atoms with van der Waals surface area (Å²) in [6.07, 6.45) is 1.52. The van der Waals surface area contributed by atoms with Crippen LogP contribution in [-0.4, -0.2) is 32.2 Å². The highest BCUT2D eigenvalue weighted by Gasteiger charge is 2.18. The van der Waals surface area contributed by atoms with E-state index in [1.807, 2.05) is 62.4 Å². The lowest BCUT2D eigenvalue weighted by Gasteiger charge is -2.16. The van der Waals surface area contributed by atoms with Crippen molar-refractivity contribution in [3.63, 3.8) is 0 Å². The van der Waals surface area contributed by atoms with Gasteiger partial charge in [0, 0.05) is 11.8 Å². The minimum Gasteiger partial charge on any atom is -0.394 e. The van der Waals surface area contributed by atoms with Crippen molar-refractivity contribution in [2.45, 2.75) is 19.9 Å². The first-order valence-electron chi connectivity index (χ1n) is 9.63. The molecule has 4 aromatic rings. The van der Waals surface area contributed by atoms with E-state index >= 15 is 0 Å². The van der Waals surface area contributed by atoms with E-state index in [4.69, 9.17) is 0 Å². The summed E-state index contributed by atoms with van der Waals surface area (Å²) in [6.45, 7) is 3.78. The summed E-state index contributed by atoms with van der Waals surface area (Å²) < 4.78 is 1.41. The lowest BCUT2D eigenvalue weighted by Crippen LogP contribution is -2.30. The molecule has 0 fully saturated rings. The number of H-pyrrole nitrogens is 1. The van der Waals surface area contributed by atoms with E-state index in [0.29, 0.717) is 11.4 Å². The van der Waals surface area contributed by atoms with Crippen LogP contribution in [0.4, 0.5) is 0 Å². The molecule has 0 bridgehead atoms. The fourth-order valence-corrected chi connectivity index (χ4v) is 3.31. The molecule has 7 nitrogen and oxygen atoms in total. The number of carbonyl (C=O) groups excluding carboxylic acids is 1. The van der Waals surface area contributed by atoms with Gasteiger partial charge in [-0.1, -0.05) is 42.5 Å². The summed E-state index contributed by atoms with van der Waals surface area (Å²) in [5, 5.41) is 16.9. The van der Waals surface area contributed by atoms with Crippen molar-refractivity contribution in [2.24, 2.45) is 0 Å². The number of aromatic amines is 1. The number of amides is 1. The highest BCUT2D eigenvalue weighted by Crippen LogP contribution is 2.19. The molecule has 3 N–H and O–H groups in total. The number of aliphatic hydroxyl groups excluding tert-OH is 1. The quantitative estimate of drug-likeness (QED) is 0.478. The summed E-state index contributed by atoms with van der Waals surface area (Å²) >= 11 is 0. The van der Waals surface area contributed by atoms with E-state index in [-0.39, 0.29) is 17.7 Å². The molecule has 2 aromatic heterocycles. The molecule has 0 aliphatic heterocycles. The number of hydrogen-bond acceptors (Lipinski definition) is 4. The maximum atomic E-state index is 12.7. The van der Waals surface area contributed by atoms with E-state index in [0.717, 1.165) is 22.3 Å². The van der Waals surface area contributed by atoms with Gasteiger partial charge in [-0.2, -0.15) is 0 Å². The van der Waals surface area contributed by atoms with Gasteiger partial charge in [-0.25, -0.2) is 4.52 Å². The van der Waals surface area contributed by atoms with Gasteiger partial charge < -0.3 is 15.4 Å². The first-order chi connectivity index (χ1) is 14.5. The van der Waals surface area contributed by atoms with Crippen molar-refractivity contribution in [1.82, 2.24) is 19.9 Å². The van der Waals surface area contributed by atoms with Crippen LogP contribution in [-0.2, 0) is 0 Å². The number of aryl methyl sites for hydroxylation is 2. The van der Waals surface area contributed by atoms with Crippen LogP contribution in [0.25, 0.3) is 16.9 Å². The molecular formula is C23H22N4O3. The number of nitrogens with one attached hydrogen (secondary N) is 2. The zero-order valence-corrected chi connectivity index (χ0v) is 16.7. The zero-order valence-electron chi connectivity index (χ0n) is 16.7. The summed E-state index contributed by atoms with van der Waals surface area (Å²) in [5.41, 5.74) is 4.07. The van der Waals surface area contributed by atoms with Gasteiger partial charge in [-0.3, -0.25) is 9.59 Å². The van der Waals surface area contributed by atoms with Gasteiger partial charge in [0.05, 0.1) is 18.2 Å². The Morgan fingerprint density at radius 2 is 1.90 bits per heavy atom. The Labute approximate surface area is 173 Å². The molecule has 2 heterocycles. The van der Waals surface area contributed by atoms with Gasteiger partial charge in [0.1, 0.15) is 5.52 Å². The van der Waals surface area contributed by atoms with E-state index in [9.17, 15) is 14.7 Å². The molecule has 0 radical (unpaired) electrons. The molecule has 0 aliphatic rings. The molecule has 1 amide bonds. The topological polar surface area (TPSA) is 99.5 Å². The molecule has 0 unspecified atom stereocenters. The van der Waals surface area contributed by atoms with Crippen LogP contribution < -0.4 is 10.9 Å². The molecule has 7 heteroatoms. The third kappa shape index (κ3) is 3.75. The number of benzene rings is 2. The smallest absolute Gasteiger partial charge is 0.275 e. The van der Waals surface area contributed by atoms with Gasteiger partial charge >= 0.3 is 0 Å². The van der Waals surface area contributed by atoms with Gasteiger partial charge in [-0.05, 0) is 42.7 Å². The highest BCUT2D eigenvalue weighted by atomic mass is 16.3. The standard InChI is InChI=1S/C23H22N4O3/c1-14-8-9-17(10-15(14)2)21-25-23(30)20-11-18(12-27(20)26-21)22(29)24-19(13-28)16-6-4-3-5-7-16/h3-12,19,28H,13H2,1-2H3,(H,24,29)(H,25,26,30)/t19-/m0/s1. The average Bonchev–Trinajstić information content (AvgIpc) is 3.19. The maximum absolute atomic E-state index is 12.7. The predicted molar refractivity (Wildman–Crippen MR) is 114 cm³/mol. The van der Waals surface area contributed by atoms with Crippen LogP contribution in [0.3, 0.4) is 0 Å². The van der Waals surface area contributed by atoms with Crippen molar-refractivity contribution in [2.75, 3.05) is 6.61 Å². The van der Waals surface area contributed by atoms with E-state index in [2.05, 4.69) is 15.4 Å². The number of hydrogen-bond donors (Lipinski definition) is 3. The normalized spacial score (nSPS) is 12.1. The Balaban J connectivity index is 1.66. The molecule has 2 aromatic carbocycles. The van der Waals surface area contributed by atoms with Gasteiger partial charge in [0.25, 0.3) is 11.5 Å². The molecule has 0 saturated carbocycles. The van der Waals surface area contributed by atoms with Crippen molar-refractivity contribution < 1.29 is 9.90 Å². The third-order valence-electron chi connectivity index (χ3n) is 5.21. The molecule has 0 spiro atoms. The Morgan fingerprint density at radius 1 is 1.13 bits per heavy atom. The van der Waals surface area contributed by atoms with Gasteiger partial charge in [-0.15, -0.1) is 5.10 Å². The molecule has 4 rings (SSSR count). The second-order valence-electron chi connectivity index (χ2n) is 7.28. The summed E-state index contributed by atoms with van der Waals surface area (Å²) in [6, 6.07) is 16.0. The first-order valence-corrected chi connectivity index (χ1v) is 9.63. The molecule has 0 saturated heterocycles. The Bertz CT molecular complexity index is 1270. The molecule has 0 aliphatic carbocycles. The molecule has 152 valence electrons. The van der Waals surface area contributed by atoms with Crippen molar-refractivity contribution >= 4 is 11.4 Å². The van der Waals surface area contributed by atoms with Gasteiger partial charge in [0.15, 0.2) is 5.82 Å². The summed E-state index contributed by atoms with van der Waals surface area (Å²) in [7, 11) is 0. The van der Waals surface area contributed by atoms with Crippen molar-refractivity contribution in [1.29, 1.82) is 0 Å². The fraction of sp³-hybridized carbons (Fsp3) is 0.174. The van der Waals surface area contributed by atoms with Gasteiger partial charge in [0.2, 0.25) is 0 Å². The molecule has 1 atom stereocenters. The predicted octanol–water partition coefficient (Wildman–Crippen LogP) is 2.77. The summed E-state index contributed by atoms with van der Waals surface area (Å²) in [5.74, 6) is 0.0335. The largest absolute Gasteiger partial charge is 0.394 e. The maximum Gasteiger partial charge on any atom is 0.275 e. The minimum atomic E-state index is -0.543. The minimum absolute atomic E-state index is 0.237. The van der Waals surface area contributed by atoms with Crippen LogP contribution in [0.1, 0.15) is 33.1 Å². The second kappa shape index (κ2) is 7.96. The Hall–Kier alpha value is -3.71. The second-order valence-corrected chi connectivity index (χ2v) is 7.28. The third-order valence-corrected chi connectivity index (χ3v) is 5.21. The summed E-state index contributed by atoms with van der Waals surface area (Å²) in [4.78, 5) is 28.1. The highest BCUT2D eigenvalue weighted by molar-refractivity contribution is 5.95. The van der Waals surface area contributed by atoms with Crippen LogP contribution in [0.15, 0.2) is 65.6 Å². The zero-order chi connectivity index (χ0) is 21.3. The number of nitrogens with zero attached hydrogens (tertiary/aromatic N) is 2. The number of aromatic nitrogens is 3. The molecular weight excluding hydrogens is 380 g/mol. The lowest BCUT2D eigenvalue weighted by molar-refractivity contribution is 0.0916. The van der Waals surface area contributed by atoms with Crippen LogP contribution in [0, 0.1) is 13.8 Å². The van der Waals surface area contributed by atoms with Crippen LogP contribution in [0.5, 0.6) is 0 Å². The Morgan fingerprint density at radius 3 is 2.60 bits per heavy atom. The number of carbonyl (C=O) groups is 1. The molecule has 30 heavy (non-hydrogen) atoms. The lowest BCUT2D eigenvalue weighted by atomic mass is 10.1. The fourth-order valence-electron chi connectivity index (χ4n) is 3.31. The number of rotatable bonds is 5. The number of aliphatic hydroxyl groups is 1. The van der Waals surface area contributed by atoms with Crippen LogP contribution in [0.2, 0.25) is 0 Å². The Kier molecular flexibility index (Phi) is 5.20. The van der Waals surface area contributed by atoms with Crippen LogP contribution >= 0.6 is 0 Å². The van der Waals surface area contributed by atoms with E-state index in [1.54, 1.807) is 0 Å². The van der Waals surface area contributed by atoms with Crippen molar-refractivity contribution in [3.05, 3.63) is 93.4 Å². The first kappa shape index (κ1) is 19.6. The monoisotopic (exact) mass is 402 g/mol. The number of fused-ring (bicyclic) bond motifs is 1. The SMILES string of the molecule is Cc1ccc(-c2nn3cc(C(=O)N[C@@H](CO)c4ccccc4)cc3c(=O)[nH]2)cc1C. The average molecular weight is 402 g/mol. The van der Waals surface area contributed by atoms with Crippen molar-refractivity contribution in [3.8, 4) is 11.4 Å². The van der Waals surface area contributed by atoms with E-state index in [1.165, 1.54) is 16.8 Å². The van der Waals surface area contributed by atoms with E-state index < -0.39 is 11.9 Å².